The van der Waals surface area contributed by atoms with E-state index in [-0.39, 0.29) is 12.2 Å². The molecule has 0 saturated carbocycles. The van der Waals surface area contributed by atoms with Crippen LogP contribution in [0.1, 0.15) is 6.42 Å². The molecule has 1 spiro atoms. The summed E-state index contributed by atoms with van der Waals surface area (Å²) in [6.07, 6.45) is 0.263. The third-order valence-corrected chi connectivity index (χ3v) is 5.66. The predicted octanol–water partition coefficient (Wildman–Crippen LogP) is -1.15. The highest BCUT2D eigenvalue weighted by Gasteiger charge is 2.61. The summed E-state index contributed by atoms with van der Waals surface area (Å²) in [6.45, 7) is 0.596. The van der Waals surface area contributed by atoms with Gasteiger partial charge in [0.2, 0.25) is 0 Å². The third kappa shape index (κ3) is 0.955. The lowest BCUT2D eigenvalue weighted by atomic mass is 9.85. The van der Waals surface area contributed by atoms with Crippen molar-refractivity contribution in [3.8, 4) is 0 Å². The molecular weight excluding hydrogens is 194 g/mol. The lowest BCUT2D eigenvalue weighted by molar-refractivity contribution is -0.143. The average molecular weight is 205 g/mol. The average Bonchev–Trinajstić information content (AvgIpc) is 2.19. The number of aliphatic carboxylic acids is 1. The molecule has 2 rings (SSSR count). The fourth-order valence-electron chi connectivity index (χ4n) is 2.14. The summed E-state index contributed by atoms with van der Waals surface area (Å²) in [5.74, 6) is -1.67. The van der Waals surface area contributed by atoms with Gasteiger partial charge < -0.3 is 10.4 Å². The molecule has 0 aliphatic carbocycles. The van der Waals surface area contributed by atoms with Gasteiger partial charge in [-0.2, -0.15) is 0 Å². The van der Waals surface area contributed by atoms with Crippen molar-refractivity contribution in [2.45, 2.75) is 11.2 Å². The Hall–Kier alpha value is -0.620. The topological polar surface area (TPSA) is 83.5 Å². The Morgan fingerprint density at radius 1 is 1.46 bits per heavy atom. The molecule has 13 heavy (non-hydrogen) atoms. The molecule has 2 aliphatic rings. The molecule has 0 bridgehead atoms. The maximum absolute atomic E-state index is 11.6. The number of carbonyl (C=O) groups is 1. The van der Waals surface area contributed by atoms with Crippen LogP contribution in [-0.4, -0.2) is 43.1 Å². The summed E-state index contributed by atoms with van der Waals surface area (Å²) < 4.78 is 22.2. The minimum atomic E-state index is -3.19. The number of sulfone groups is 1. The van der Waals surface area contributed by atoms with Crippen molar-refractivity contribution in [2.75, 3.05) is 18.8 Å². The maximum atomic E-state index is 11.6. The first kappa shape index (κ1) is 8.96. The summed E-state index contributed by atoms with van der Waals surface area (Å²) in [4.78, 5) is 10.8. The van der Waals surface area contributed by atoms with Gasteiger partial charge in [-0.15, -0.1) is 0 Å². The molecule has 2 saturated heterocycles. The van der Waals surface area contributed by atoms with E-state index in [1.54, 1.807) is 0 Å². The van der Waals surface area contributed by atoms with Crippen molar-refractivity contribution in [2.24, 2.45) is 5.92 Å². The quantitative estimate of drug-likeness (QED) is 0.564. The van der Waals surface area contributed by atoms with Crippen molar-refractivity contribution in [3.05, 3.63) is 0 Å². The second-order valence-corrected chi connectivity index (χ2v) is 6.12. The van der Waals surface area contributed by atoms with Crippen LogP contribution in [0.2, 0.25) is 0 Å². The molecule has 6 heteroatoms. The van der Waals surface area contributed by atoms with E-state index in [1.807, 2.05) is 0 Å². The highest BCUT2D eigenvalue weighted by Crippen LogP contribution is 2.40. The molecule has 2 fully saturated rings. The Morgan fingerprint density at radius 3 is 2.38 bits per heavy atom. The van der Waals surface area contributed by atoms with Crippen LogP contribution >= 0.6 is 0 Å². The van der Waals surface area contributed by atoms with Gasteiger partial charge in [0.25, 0.3) is 0 Å². The molecular formula is C7H11NO4S. The van der Waals surface area contributed by atoms with Crippen molar-refractivity contribution < 1.29 is 18.3 Å². The molecule has 2 aliphatic heterocycles. The van der Waals surface area contributed by atoms with E-state index in [0.29, 0.717) is 13.1 Å². The Bertz CT molecular complexity index is 344. The number of hydrogen-bond donors (Lipinski definition) is 2. The summed E-state index contributed by atoms with van der Waals surface area (Å²) in [5, 5.41) is 11.7. The minimum Gasteiger partial charge on any atom is -0.481 e. The highest BCUT2D eigenvalue weighted by molar-refractivity contribution is 7.93. The van der Waals surface area contributed by atoms with Crippen LogP contribution in [0.5, 0.6) is 0 Å². The first-order valence-corrected chi connectivity index (χ1v) is 5.81. The third-order valence-electron chi connectivity index (χ3n) is 3.08. The van der Waals surface area contributed by atoms with E-state index in [4.69, 9.17) is 5.11 Å². The zero-order valence-corrected chi connectivity index (χ0v) is 7.80. The molecule has 1 atom stereocenters. The number of hydrogen-bond acceptors (Lipinski definition) is 4. The number of carboxylic acids is 1. The van der Waals surface area contributed by atoms with Crippen molar-refractivity contribution in [3.63, 3.8) is 0 Å². The zero-order chi connectivity index (χ0) is 9.69. The largest absolute Gasteiger partial charge is 0.481 e. The second-order valence-electron chi connectivity index (χ2n) is 3.67. The van der Waals surface area contributed by atoms with E-state index in [9.17, 15) is 13.2 Å². The van der Waals surface area contributed by atoms with Gasteiger partial charge in [-0.3, -0.25) is 4.79 Å². The smallest absolute Gasteiger partial charge is 0.308 e. The van der Waals surface area contributed by atoms with Gasteiger partial charge in [0.15, 0.2) is 9.84 Å². The summed E-state index contributed by atoms with van der Waals surface area (Å²) in [5.41, 5.74) is 0. The van der Waals surface area contributed by atoms with Gasteiger partial charge in [-0.1, -0.05) is 0 Å². The van der Waals surface area contributed by atoms with Gasteiger partial charge in [-0.05, 0) is 6.42 Å². The van der Waals surface area contributed by atoms with Crippen LogP contribution in [0.25, 0.3) is 0 Å². The van der Waals surface area contributed by atoms with Gasteiger partial charge in [0, 0.05) is 13.1 Å². The predicted molar refractivity (Wildman–Crippen MR) is 45.1 cm³/mol. The van der Waals surface area contributed by atoms with Gasteiger partial charge in [0.1, 0.15) is 4.75 Å². The molecule has 2 heterocycles. The zero-order valence-electron chi connectivity index (χ0n) is 6.99. The molecule has 0 radical (unpaired) electrons. The molecule has 0 unspecified atom stereocenters. The highest BCUT2D eigenvalue weighted by atomic mass is 32.2. The van der Waals surface area contributed by atoms with E-state index in [1.165, 1.54) is 0 Å². The van der Waals surface area contributed by atoms with E-state index in [0.717, 1.165) is 0 Å². The molecule has 0 amide bonds. The fraction of sp³-hybridized carbons (Fsp3) is 0.857. The number of carboxylic acid groups (broad SMARTS) is 1. The number of nitrogens with one attached hydrogen (secondary N) is 1. The number of rotatable bonds is 1. The van der Waals surface area contributed by atoms with Crippen LogP contribution in [-0.2, 0) is 14.6 Å². The van der Waals surface area contributed by atoms with Gasteiger partial charge in [-0.25, -0.2) is 8.42 Å². The standard InChI is InChI=1S/C7H11NO4S/c9-6(10)5-1-2-13(11,12)7(5)3-8-4-7/h5,8H,1-4H2,(H,9,10)/t5-/m0/s1. The normalized spacial score (nSPS) is 34.3. The van der Waals surface area contributed by atoms with Crippen LogP contribution in [0.15, 0.2) is 0 Å². The monoisotopic (exact) mass is 205 g/mol. The SMILES string of the molecule is O=C(O)[C@@H]1CCS(=O)(=O)C12CNC2. The van der Waals surface area contributed by atoms with Crippen molar-refractivity contribution in [1.29, 1.82) is 0 Å². The summed E-state index contributed by atoms with van der Waals surface area (Å²) in [6, 6.07) is 0. The lowest BCUT2D eigenvalue weighted by Crippen LogP contribution is -2.66. The van der Waals surface area contributed by atoms with Crippen molar-refractivity contribution >= 4 is 15.8 Å². The molecule has 0 aromatic rings. The summed E-state index contributed by atoms with van der Waals surface area (Å²) in [7, 11) is -3.19. The molecule has 2 N–H and O–H groups in total. The Kier molecular flexibility index (Phi) is 1.69. The molecule has 0 aromatic carbocycles. The van der Waals surface area contributed by atoms with Crippen LogP contribution in [0.3, 0.4) is 0 Å². The van der Waals surface area contributed by atoms with Gasteiger partial charge >= 0.3 is 5.97 Å². The van der Waals surface area contributed by atoms with E-state index in [2.05, 4.69) is 5.32 Å². The first-order valence-electron chi connectivity index (χ1n) is 4.15. The Balaban J connectivity index is 2.41. The second kappa shape index (κ2) is 2.45. The van der Waals surface area contributed by atoms with Gasteiger partial charge in [0.05, 0.1) is 11.7 Å². The maximum Gasteiger partial charge on any atom is 0.308 e. The Labute approximate surface area is 76.0 Å². The van der Waals surface area contributed by atoms with Crippen molar-refractivity contribution in [1.82, 2.24) is 5.32 Å². The molecule has 5 nitrogen and oxygen atoms in total. The first-order chi connectivity index (χ1) is 6.00. The molecule has 0 aromatic heterocycles. The van der Waals surface area contributed by atoms with E-state index < -0.39 is 26.5 Å². The van der Waals surface area contributed by atoms with Crippen LogP contribution in [0.4, 0.5) is 0 Å². The minimum absolute atomic E-state index is 0.0195. The van der Waals surface area contributed by atoms with E-state index >= 15 is 0 Å². The Morgan fingerprint density at radius 2 is 2.08 bits per heavy atom. The van der Waals surface area contributed by atoms with Crippen LogP contribution < -0.4 is 5.32 Å². The lowest BCUT2D eigenvalue weighted by Gasteiger charge is -2.40. The summed E-state index contributed by atoms with van der Waals surface area (Å²) >= 11 is 0. The van der Waals surface area contributed by atoms with Crippen LogP contribution in [0, 0.1) is 5.92 Å². The molecule has 74 valence electrons. The fourth-order valence-corrected chi connectivity index (χ4v) is 4.39.